The number of nitrogens with zero attached hydrogens (tertiary/aromatic N) is 2. The van der Waals surface area contributed by atoms with Crippen LogP contribution < -0.4 is 14.4 Å². The molecule has 0 fully saturated rings. The largest absolute Gasteiger partial charge is 0.497 e. The highest BCUT2D eigenvalue weighted by Gasteiger charge is 2.27. The summed E-state index contributed by atoms with van der Waals surface area (Å²) in [6.07, 6.45) is 1.44. The molecule has 0 unspecified atom stereocenters. The maximum atomic E-state index is 13.3. The number of hydrogen-bond acceptors (Lipinski definition) is 5. The van der Waals surface area contributed by atoms with Gasteiger partial charge in [-0.3, -0.25) is 13.9 Å². The summed E-state index contributed by atoms with van der Waals surface area (Å²) in [5.41, 5.74) is 1.18. The molecule has 0 heterocycles. The monoisotopic (exact) mass is 523 g/mol. The molecule has 0 aliphatic rings. The van der Waals surface area contributed by atoms with E-state index < -0.39 is 16.1 Å². The molecule has 1 atom stereocenters. The molecule has 1 N–H and O–H groups in total. The molecule has 2 rings (SSSR count). The van der Waals surface area contributed by atoms with Gasteiger partial charge >= 0.3 is 0 Å². The highest BCUT2D eigenvalue weighted by atomic mass is 35.5. The van der Waals surface area contributed by atoms with E-state index in [0.717, 1.165) is 11.8 Å². The van der Waals surface area contributed by atoms with Gasteiger partial charge in [-0.05, 0) is 51.0 Å². The maximum Gasteiger partial charge on any atom is 0.242 e. The van der Waals surface area contributed by atoms with Crippen molar-refractivity contribution in [1.82, 2.24) is 10.2 Å². The van der Waals surface area contributed by atoms with Crippen molar-refractivity contribution in [3.8, 4) is 5.75 Å². The minimum absolute atomic E-state index is 0.0553. The average molecular weight is 524 g/mol. The van der Waals surface area contributed by atoms with Gasteiger partial charge in [0.1, 0.15) is 11.8 Å². The summed E-state index contributed by atoms with van der Waals surface area (Å²) in [5.74, 6) is -0.00639. The van der Waals surface area contributed by atoms with Gasteiger partial charge in [0.2, 0.25) is 21.8 Å². The molecular weight excluding hydrogens is 490 g/mol. The van der Waals surface area contributed by atoms with E-state index in [1.807, 2.05) is 26.0 Å². The SMILES string of the molecule is COc1cccc(N(CCCC(=O)N(Cc2ccccc2Cl)[C@@H](C)C(=O)NC(C)C)S(C)(=O)=O)c1. The molecule has 0 saturated carbocycles. The molecular formula is C25H34ClN3O5S. The molecule has 35 heavy (non-hydrogen) atoms. The Labute approximate surface area is 213 Å². The summed E-state index contributed by atoms with van der Waals surface area (Å²) >= 11 is 6.31. The second kappa shape index (κ2) is 12.8. The summed E-state index contributed by atoms with van der Waals surface area (Å²) in [4.78, 5) is 27.5. The number of benzene rings is 2. The fraction of sp³-hybridized carbons (Fsp3) is 0.440. The first kappa shape index (κ1) is 28.5. The van der Waals surface area contributed by atoms with Crippen LogP contribution in [0.1, 0.15) is 39.2 Å². The van der Waals surface area contributed by atoms with Crippen molar-refractivity contribution in [2.24, 2.45) is 0 Å². The fourth-order valence-electron chi connectivity index (χ4n) is 3.57. The molecule has 0 aromatic heterocycles. The highest BCUT2D eigenvalue weighted by molar-refractivity contribution is 7.92. The summed E-state index contributed by atoms with van der Waals surface area (Å²) in [7, 11) is -2.08. The lowest BCUT2D eigenvalue weighted by Crippen LogP contribution is -2.49. The Morgan fingerprint density at radius 1 is 1.09 bits per heavy atom. The molecule has 0 radical (unpaired) electrons. The van der Waals surface area contributed by atoms with Crippen LogP contribution in [0.5, 0.6) is 5.75 Å². The Morgan fingerprint density at radius 2 is 1.77 bits per heavy atom. The van der Waals surface area contributed by atoms with E-state index in [-0.39, 0.29) is 43.8 Å². The number of ether oxygens (including phenoxy) is 1. The van der Waals surface area contributed by atoms with Gasteiger partial charge in [-0.1, -0.05) is 35.9 Å². The first-order valence-electron chi connectivity index (χ1n) is 11.4. The van der Waals surface area contributed by atoms with E-state index >= 15 is 0 Å². The van der Waals surface area contributed by atoms with E-state index in [0.29, 0.717) is 16.5 Å². The Kier molecular flexibility index (Phi) is 10.4. The predicted octanol–water partition coefficient (Wildman–Crippen LogP) is 3.84. The lowest BCUT2D eigenvalue weighted by Gasteiger charge is -2.30. The molecule has 0 aliphatic carbocycles. The highest BCUT2D eigenvalue weighted by Crippen LogP contribution is 2.24. The van der Waals surface area contributed by atoms with Crippen LogP contribution in [-0.4, -0.2) is 57.1 Å². The number of carbonyl (C=O) groups is 2. The number of amides is 2. The van der Waals surface area contributed by atoms with Crippen LogP contribution in [0, 0.1) is 0 Å². The number of hydrogen-bond donors (Lipinski definition) is 1. The molecule has 192 valence electrons. The Morgan fingerprint density at radius 3 is 2.37 bits per heavy atom. The average Bonchev–Trinajstić information content (AvgIpc) is 2.79. The first-order valence-corrected chi connectivity index (χ1v) is 13.6. The zero-order chi connectivity index (χ0) is 26.2. The molecule has 2 amide bonds. The van der Waals surface area contributed by atoms with E-state index in [2.05, 4.69) is 5.32 Å². The number of rotatable bonds is 12. The zero-order valence-electron chi connectivity index (χ0n) is 20.8. The number of sulfonamides is 1. The molecule has 10 heteroatoms. The third-order valence-corrected chi connectivity index (χ3v) is 6.95. The van der Waals surface area contributed by atoms with Crippen molar-refractivity contribution < 1.29 is 22.7 Å². The normalized spacial score (nSPS) is 12.2. The smallest absolute Gasteiger partial charge is 0.242 e. The third-order valence-electron chi connectivity index (χ3n) is 5.39. The van der Waals surface area contributed by atoms with Gasteiger partial charge in [-0.15, -0.1) is 0 Å². The standard InChI is InChI=1S/C25H34ClN3O5S/c1-18(2)27-25(31)19(3)28(17-20-10-6-7-13-23(20)26)24(30)14-9-15-29(35(5,32)33)21-11-8-12-22(16-21)34-4/h6-8,10-13,16,18-19H,9,14-15,17H2,1-5H3,(H,27,31)/t19-/m0/s1. The molecule has 0 spiro atoms. The Hall–Kier alpha value is -2.78. The summed E-state index contributed by atoms with van der Waals surface area (Å²) < 4.78 is 31.3. The lowest BCUT2D eigenvalue weighted by molar-refractivity contribution is -0.140. The summed E-state index contributed by atoms with van der Waals surface area (Å²) in [5, 5.41) is 3.34. The molecule has 2 aromatic carbocycles. The van der Waals surface area contributed by atoms with Crippen LogP contribution in [0.3, 0.4) is 0 Å². The van der Waals surface area contributed by atoms with Gasteiger partial charge in [0.05, 0.1) is 19.1 Å². The number of halogens is 1. The molecule has 0 saturated heterocycles. The molecule has 2 aromatic rings. The van der Waals surface area contributed by atoms with Crippen molar-refractivity contribution in [2.45, 2.75) is 52.2 Å². The Bertz CT molecular complexity index is 1120. The van der Waals surface area contributed by atoms with E-state index in [1.54, 1.807) is 43.3 Å². The maximum absolute atomic E-state index is 13.3. The van der Waals surface area contributed by atoms with Gasteiger partial charge in [0.25, 0.3) is 0 Å². The second-order valence-corrected chi connectivity index (χ2v) is 10.9. The number of nitrogens with one attached hydrogen (secondary N) is 1. The second-order valence-electron chi connectivity index (χ2n) is 8.59. The van der Waals surface area contributed by atoms with Crippen molar-refractivity contribution in [3.05, 3.63) is 59.1 Å². The van der Waals surface area contributed by atoms with E-state index in [1.165, 1.54) is 16.3 Å². The van der Waals surface area contributed by atoms with Crippen LogP contribution in [0.4, 0.5) is 5.69 Å². The lowest BCUT2D eigenvalue weighted by atomic mass is 10.1. The van der Waals surface area contributed by atoms with Crippen LogP contribution in [-0.2, 0) is 26.2 Å². The summed E-state index contributed by atoms with van der Waals surface area (Å²) in [6.45, 7) is 5.64. The van der Waals surface area contributed by atoms with Crippen LogP contribution in [0.15, 0.2) is 48.5 Å². The number of methoxy groups -OCH3 is 1. The van der Waals surface area contributed by atoms with Crippen LogP contribution in [0.2, 0.25) is 5.02 Å². The number of anilines is 1. The van der Waals surface area contributed by atoms with E-state index in [9.17, 15) is 18.0 Å². The third kappa shape index (κ3) is 8.43. The minimum Gasteiger partial charge on any atom is -0.497 e. The quantitative estimate of drug-likeness (QED) is 0.456. The van der Waals surface area contributed by atoms with Gasteiger partial charge in [-0.25, -0.2) is 8.42 Å². The van der Waals surface area contributed by atoms with Crippen LogP contribution in [0.25, 0.3) is 0 Å². The van der Waals surface area contributed by atoms with Gasteiger partial charge in [-0.2, -0.15) is 0 Å². The fourth-order valence-corrected chi connectivity index (χ4v) is 4.72. The zero-order valence-corrected chi connectivity index (χ0v) is 22.4. The van der Waals surface area contributed by atoms with Crippen LogP contribution >= 0.6 is 11.6 Å². The molecule has 0 aliphatic heterocycles. The van der Waals surface area contributed by atoms with Crippen molar-refractivity contribution in [3.63, 3.8) is 0 Å². The topological polar surface area (TPSA) is 96.0 Å². The van der Waals surface area contributed by atoms with Crippen molar-refractivity contribution in [1.29, 1.82) is 0 Å². The van der Waals surface area contributed by atoms with Crippen molar-refractivity contribution >= 4 is 39.1 Å². The predicted molar refractivity (Wildman–Crippen MR) is 139 cm³/mol. The molecule has 8 nitrogen and oxygen atoms in total. The number of carbonyl (C=O) groups excluding carboxylic acids is 2. The molecule has 0 bridgehead atoms. The van der Waals surface area contributed by atoms with Gasteiger partial charge in [0.15, 0.2) is 0 Å². The first-order chi connectivity index (χ1) is 16.4. The van der Waals surface area contributed by atoms with Gasteiger partial charge < -0.3 is 15.0 Å². The van der Waals surface area contributed by atoms with E-state index in [4.69, 9.17) is 16.3 Å². The van der Waals surface area contributed by atoms with Crippen molar-refractivity contribution in [2.75, 3.05) is 24.2 Å². The Balaban J connectivity index is 2.19. The van der Waals surface area contributed by atoms with Gasteiger partial charge in [0, 0.05) is 36.6 Å². The minimum atomic E-state index is -3.59. The summed E-state index contributed by atoms with van der Waals surface area (Å²) in [6, 6.07) is 13.1.